The number of aromatic nitrogens is 7. The first kappa shape index (κ1) is 25.0. The van der Waals surface area contributed by atoms with E-state index >= 15 is 0 Å². The molecule has 5 aromatic rings. The summed E-state index contributed by atoms with van der Waals surface area (Å²) in [6, 6.07) is 12.6. The lowest BCUT2D eigenvalue weighted by Crippen LogP contribution is -2.47. The predicted octanol–water partition coefficient (Wildman–Crippen LogP) is 2.44. The molecule has 1 atom stereocenters. The van der Waals surface area contributed by atoms with Gasteiger partial charge in [0.2, 0.25) is 5.95 Å². The number of piperazine rings is 1. The Kier molecular flexibility index (Phi) is 6.91. The zero-order valence-corrected chi connectivity index (χ0v) is 22.5. The van der Waals surface area contributed by atoms with Gasteiger partial charge in [-0.2, -0.15) is 10.2 Å². The lowest BCUT2D eigenvalue weighted by atomic mass is 10.0. The summed E-state index contributed by atoms with van der Waals surface area (Å²) in [7, 11) is 6.03. The van der Waals surface area contributed by atoms with Crippen molar-refractivity contribution in [2.45, 2.75) is 6.04 Å². The van der Waals surface area contributed by atoms with E-state index in [1.807, 2.05) is 48.6 Å². The van der Waals surface area contributed by atoms with Gasteiger partial charge in [0.05, 0.1) is 12.2 Å². The van der Waals surface area contributed by atoms with Gasteiger partial charge in [-0.05, 0) is 25.7 Å². The molecule has 1 aromatic carbocycles. The van der Waals surface area contributed by atoms with Gasteiger partial charge >= 0.3 is 0 Å². The molecule has 0 saturated carbocycles. The Balaban J connectivity index is 1.15. The monoisotopic (exact) mass is 523 g/mol. The van der Waals surface area contributed by atoms with Crippen LogP contribution in [0.15, 0.2) is 73.7 Å². The van der Waals surface area contributed by atoms with E-state index in [0.717, 1.165) is 66.8 Å². The summed E-state index contributed by atoms with van der Waals surface area (Å²) in [5.74, 6) is 1.70. The van der Waals surface area contributed by atoms with Gasteiger partial charge in [0.1, 0.15) is 11.8 Å². The van der Waals surface area contributed by atoms with E-state index in [1.54, 1.807) is 11.0 Å². The quantitative estimate of drug-likeness (QED) is 0.308. The minimum atomic E-state index is 0.0262. The zero-order valence-electron chi connectivity index (χ0n) is 22.5. The van der Waals surface area contributed by atoms with Crippen molar-refractivity contribution in [1.82, 2.24) is 44.6 Å². The first-order valence-corrected chi connectivity index (χ1v) is 13.1. The maximum absolute atomic E-state index is 4.77. The number of hydrogen-bond donors (Lipinski definition) is 1. The molecule has 200 valence electrons. The molecule has 1 unspecified atom stereocenters. The number of nitrogens with one attached hydrogen (secondary N) is 1. The van der Waals surface area contributed by atoms with Crippen LogP contribution in [-0.2, 0) is 7.05 Å². The minimum absolute atomic E-state index is 0.0262. The van der Waals surface area contributed by atoms with Crippen molar-refractivity contribution in [2.24, 2.45) is 7.05 Å². The molecule has 1 aliphatic rings. The van der Waals surface area contributed by atoms with Crippen LogP contribution in [0.3, 0.4) is 0 Å². The summed E-state index contributed by atoms with van der Waals surface area (Å²) in [6.45, 7) is 4.02. The molecule has 0 amide bonds. The van der Waals surface area contributed by atoms with Crippen LogP contribution in [0.25, 0.3) is 16.6 Å². The Morgan fingerprint density at radius 3 is 2.28 bits per heavy atom. The SMILES string of the molecule is CN(C)CNC(c1ccccc1)c1cnc(N2CCN(c3ncnn4cc(-c5cnn(C)c5)cc34)CC2)nc1. The normalized spacial score (nSPS) is 14.9. The van der Waals surface area contributed by atoms with Crippen molar-refractivity contribution < 1.29 is 0 Å². The molecule has 0 bridgehead atoms. The fourth-order valence-electron chi connectivity index (χ4n) is 5.00. The molecule has 11 heteroatoms. The Hall–Kier alpha value is -4.35. The topological polar surface area (TPSA) is 95.5 Å². The lowest BCUT2D eigenvalue weighted by Gasteiger charge is -2.35. The van der Waals surface area contributed by atoms with Gasteiger partial charge in [0.15, 0.2) is 5.82 Å². The van der Waals surface area contributed by atoms with Crippen LogP contribution in [-0.4, -0.2) is 86.2 Å². The van der Waals surface area contributed by atoms with Gasteiger partial charge in [-0.25, -0.2) is 19.5 Å². The summed E-state index contributed by atoms with van der Waals surface area (Å²) in [4.78, 5) is 20.8. The Bertz CT molecular complexity index is 1520. The van der Waals surface area contributed by atoms with E-state index in [9.17, 15) is 0 Å². The van der Waals surface area contributed by atoms with Gasteiger partial charge in [-0.1, -0.05) is 30.3 Å². The molecule has 1 N–H and O–H groups in total. The molecule has 0 spiro atoms. The summed E-state index contributed by atoms with van der Waals surface area (Å²) >= 11 is 0. The summed E-state index contributed by atoms with van der Waals surface area (Å²) < 4.78 is 3.70. The van der Waals surface area contributed by atoms with E-state index in [0.29, 0.717) is 0 Å². The predicted molar refractivity (Wildman–Crippen MR) is 152 cm³/mol. The van der Waals surface area contributed by atoms with E-state index in [1.165, 1.54) is 5.56 Å². The standard InChI is InChI=1S/C28H33N11/c1-35(2)20-32-26(21-7-5-4-6-8-21)23-14-29-28(30-15-23)38-11-9-37(10-12-38)27-25-13-22(18-39(25)34-19-31-27)24-16-33-36(3)17-24/h4-8,13-19,26,32H,9-12,20H2,1-3H3. The maximum Gasteiger partial charge on any atom is 0.225 e. The van der Waals surface area contributed by atoms with E-state index in [-0.39, 0.29) is 6.04 Å². The highest BCUT2D eigenvalue weighted by Crippen LogP contribution is 2.28. The fraction of sp³-hybridized carbons (Fsp3) is 0.321. The van der Waals surface area contributed by atoms with E-state index in [4.69, 9.17) is 9.97 Å². The van der Waals surface area contributed by atoms with Crippen LogP contribution < -0.4 is 15.1 Å². The van der Waals surface area contributed by atoms with Gasteiger partial charge in [-0.3, -0.25) is 14.9 Å². The number of benzene rings is 1. The third kappa shape index (κ3) is 5.31. The van der Waals surface area contributed by atoms with Crippen LogP contribution in [0.4, 0.5) is 11.8 Å². The first-order valence-electron chi connectivity index (χ1n) is 13.1. The van der Waals surface area contributed by atoms with Crippen LogP contribution in [0, 0.1) is 0 Å². The Labute approximate surface area is 227 Å². The van der Waals surface area contributed by atoms with Crippen LogP contribution in [0.5, 0.6) is 0 Å². The molecule has 0 radical (unpaired) electrons. The van der Waals surface area contributed by atoms with Crippen molar-refractivity contribution in [3.8, 4) is 11.1 Å². The molecule has 1 fully saturated rings. The van der Waals surface area contributed by atoms with E-state index < -0.39 is 0 Å². The zero-order chi connectivity index (χ0) is 26.8. The average molecular weight is 524 g/mol. The van der Waals surface area contributed by atoms with Crippen LogP contribution in [0.1, 0.15) is 17.2 Å². The van der Waals surface area contributed by atoms with Crippen molar-refractivity contribution in [3.63, 3.8) is 0 Å². The molecule has 11 nitrogen and oxygen atoms in total. The smallest absolute Gasteiger partial charge is 0.225 e. The molecule has 1 saturated heterocycles. The van der Waals surface area contributed by atoms with Gasteiger partial charge < -0.3 is 9.80 Å². The van der Waals surface area contributed by atoms with Crippen LogP contribution in [0.2, 0.25) is 0 Å². The van der Waals surface area contributed by atoms with Crippen molar-refractivity contribution in [3.05, 3.63) is 84.8 Å². The highest BCUT2D eigenvalue weighted by atomic mass is 15.4. The molecule has 1 aliphatic heterocycles. The second-order valence-corrected chi connectivity index (χ2v) is 10.1. The molecular weight excluding hydrogens is 490 g/mol. The minimum Gasteiger partial charge on any atom is -0.351 e. The van der Waals surface area contributed by atoms with Crippen molar-refractivity contribution in [2.75, 3.05) is 56.7 Å². The Morgan fingerprint density at radius 2 is 1.59 bits per heavy atom. The third-order valence-corrected chi connectivity index (χ3v) is 7.02. The van der Waals surface area contributed by atoms with Crippen LogP contribution >= 0.6 is 0 Å². The third-order valence-electron chi connectivity index (χ3n) is 7.02. The molecule has 4 aromatic heterocycles. The number of fused-ring (bicyclic) bond motifs is 1. The summed E-state index contributed by atoms with van der Waals surface area (Å²) in [5.41, 5.74) is 5.36. The number of anilines is 2. The lowest BCUT2D eigenvalue weighted by molar-refractivity contribution is 0.352. The second kappa shape index (κ2) is 10.8. The van der Waals surface area contributed by atoms with Gasteiger partial charge in [0.25, 0.3) is 0 Å². The van der Waals surface area contributed by atoms with E-state index in [2.05, 4.69) is 79.6 Å². The highest BCUT2D eigenvalue weighted by Gasteiger charge is 2.23. The largest absolute Gasteiger partial charge is 0.351 e. The van der Waals surface area contributed by atoms with Crippen molar-refractivity contribution in [1.29, 1.82) is 0 Å². The second-order valence-electron chi connectivity index (χ2n) is 10.1. The molecule has 5 heterocycles. The molecule has 39 heavy (non-hydrogen) atoms. The maximum atomic E-state index is 4.77. The number of hydrogen-bond acceptors (Lipinski definition) is 9. The fourth-order valence-corrected chi connectivity index (χ4v) is 5.00. The molecule has 6 rings (SSSR count). The van der Waals surface area contributed by atoms with Gasteiger partial charge in [-0.15, -0.1) is 0 Å². The summed E-state index contributed by atoms with van der Waals surface area (Å²) in [6.07, 6.45) is 11.4. The average Bonchev–Trinajstić information content (AvgIpc) is 3.60. The number of nitrogens with zero attached hydrogens (tertiary/aromatic N) is 10. The number of rotatable bonds is 8. The number of aryl methyl sites for hydroxylation is 1. The first-order chi connectivity index (χ1) is 19.0. The molecular formula is C28H33N11. The van der Waals surface area contributed by atoms with Crippen molar-refractivity contribution >= 4 is 17.3 Å². The summed E-state index contributed by atoms with van der Waals surface area (Å²) in [5, 5.41) is 12.3. The molecule has 0 aliphatic carbocycles. The Morgan fingerprint density at radius 1 is 0.846 bits per heavy atom. The highest BCUT2D eigenvalue weighted by molar-refractivity contribution is 5.77. The van der Waals surface area contributed by atoms with Gasteiger partial charge in [0, 0.05) is 81.4 Å².